The summed E-state index contributed by atoms with van der Waals surface area (Å²) in [5, 5.41) is 9.69. The molecule has 1 aromatic rings. The summed E-state index contributed by atoms with van der Waals surface area (Å²) in [4.78, 5) is -0.485. The minimum Gasteiger partial charge on any atom is -0.391 e. The zero-order valence-corrected chi connectivity index (χ0v) is 12.4. The maximum absolute atomic E-state index is 13.8. The molecule has 0 amide bonds. The van der Waals surface area contributed by atoms with Crippen LogP contribution in [0.3, 0.4) is 0 Å². The van der Waals surface area contributed by atoms with E-state index in [1.165, 1.54) is 12.1 Å². The first-order valence-electron chi connectivity index (χ1n) is 6.56. The quantitative estimate of drug-likeness (QED) is 0.840. The smallest absolute Gasteiger partial charge is 0.243 e. The van der Waals surface area contributed by atoms with Crippen molar-refractivity contribution in [1.29, 1.82) is 0 Å². The molecule has 112 valence electrons. The summed E-state index contributed by atoms with van der Waals surface area (Å²) in [6.07, 6.45) is 3.01. The Balaban J connectivity index is 2.24. The van der Waals surface area contributed by atoms with Gasteiger partial charge in [-0.05, 0) is 25.0 Å². The summed E-state index contributed by atoms with van der Waals surface area (Å²) in [7, 11) is -4.03. The molecule has 0 radical (unpaired) electrons. The number of hydrogen-bond donors (Lipinski definition) is 2. The third kappa shape index (κ3) is 3.49. The normalized spacial score (nSPS) is 24.4. The number of aliphatic hydroxyl groups is 1. The second-order valence-corrected chi connectivity index (χ2v) is 7.07. The van der Waals surface area contributed by atoms with E-state index in [0.29, 0.717) is 12.8 Å². The number of sulfonamides is 1. The first-order chi connectivity index (χ1) is 9.42. The van der Waals surface area contributed by atoms with E-state index < -0.39 is 32.9 Å². The Labute approximate surface area is 123 Å². The maximum Gasteiger partial charge on any atom is 0.243 e. The first kappa shape index (κ1) is 15.7. The Morgan fingerprint density at radius 2 is 1.95 bits per heavy atom. The number of benzene rings is 1. The van der Waals surface area contributed by atoms with Crippen molar-refractivity contribution in [2.24, 2.45) is 0 Å². The van der Waals surface area contributed by atoms with Crippen LogP contribution in [0.1, 0.15) is 32.1 Å². The molecule has 0 spiro atoms. The Kier molecular flexibility index (Phi) is 5.01. The minimum atomic E-state index is -4.03. The molecule has 1 aliphatic carbocycles. The van der Waals surface area contributed by atoms with Crippen molar-refractivity contribution in [3.63, 3.8) is 0 Å². The zero-order valence-electron chi connectivity index (χ0n) is 10.9. The van der Waals surface area contributed by atoms with Gasteiger partial charge in [0.1, 0.15) is 4.90 Å². The highest BCUT2D eigenvalue weighted by Crippen LogP contribution is 2.24. The highest BCUT2D eigenvalue weighted by molar-refractivity contribution is 7.89. The zero-order chi connectivity index (χ0) is 14.8. The Hall–Kier alpha value is -0.690. The van der Waals surface area contributed by atoms with Crippen LogP contribution in [0, 0.1) is 5.82 Å². The van der Waals surface area contributed by atoms with Crippen molar-refractivity contribution in [3.05, 3.63) is 29.0 Å². The van der Waals surface area contributed by atoms with E-state index in [9.17, 15) is 17.9 Å². The average Bonchev–Trinajstić information content (AvgIpc) is 2.58. The van der Waals surface area contributed by atoms with Gasteiger partial charge >= 0.3 is 0 Å². The van der Waals surface area contributed by atoms with Gasteiger partial charge in [0, 0.05) is 6.04 Å². The van der Waals surface area contributed by atoms with Crippen LogP contribution in [0.2, 0.25) is 5.02 Å². The number of halogens is 2. The standard InChI is InChI=1S/C13H17ClFNO3S/c14-9-5-4-8-12(13(9)15)20(18,19)16-10-6-2-1-3-7-11(10)17/h4-5,8,10-11,16-17H,1-3,6-7H2. The van der Waals surface area contributed by atoms with Crippen molar-refractivity contribution in [2.45, 2.75) is 49.1 Å². The molecule has 7 heteroatoms. The number of hydrogen-bond acceptors (Lipinski definition) is 3. The molecule has 2 rings (SSSR count). The van der Waals surface area contributed by atoms with Gasteiger partial charge in [0.2, 0.25) is 10.0 Å². The molecule has 20 heavy (non-hydrogen) atoms. The largest absolute Gasteiger partial charge is 0.391 e. The van der Waals surface area contributed by atoms with Gasteiger partial charge in [0.05, 0.1) is 11.1 Å². The minimum absolute atomic E-state index is 0.241. The van der Waals surface area contributed by atoms with E-state index in [-0.39, 0.29) is 5.02 Å². The van der Waals surface area contributed by atoms with Gasteiger partial charge in [-0.25, -0.2) is 17.5 Å². The maximum atomic E-state index is 13.8. The summed E-state index contributed by atoms with van der Waals surface area (Å²) in [5.41, 5.74) is 0. The molecule has 0 aromatic heterocycles. The lowest BCUT2D eigenvalue weighted by atomic mass is 10.1. The third-order valence-electron chi connectivity index (χ3n) is 3.49. The first-order valence-corrected chi connectivity index (χ1v) is 8.42. The molecule has 1 fully saturated rings. The Morgan fingerprint density at radius 3 is 2.70 bits per heavy atom. The van der Waals surface area contributed by atoms with E-state index in [1.54, 1.807) is 0 Å². The summed E-state index contributed by atoms with van der Waals surface area (Å²) >= 11 is 5.60. The van der Waals surface area contributed by atoms with Crippen LogP contribution in [0.5, 0.6) is 0 Å². The molecule has 4 nitrogen and oxygen atoms in total. The number of nitrogens with one attached hydrogen (secondary N) is 1. The van der Waals surface area contributed by atoms with Crippen molar-refractivity contribution >= 4 is 21.6 Å². The van der Waals surface area contributed by atoms with E-state index in [2.05, 4.69) is 4.72 Å². The average molecular weight is 322 g/mol. The predicted molar refractivity (Wildman–Crippen MR) is 74.6 cm³/mol. The molecular formula is C13H17ClFNO3S. The van der Waals surface area contributed by atoms with Gasteiger partial charge in [0.25, 0.3) is 0 Å². The summed E-state index contributed by atoms with van der Waals surface area (Å²) in [6.45, 7) is 0. The second-order valence-electron chi connectivity index (χ2n) is 4.99. The summed E-state index contributed by atoms with van der Waals surface area (Å²) in [6, 6.07) is 3.24. The topological polar surface area (TPSA) is 66.4 Å². The third-order valence-corrected chi connectivity index (χ3v) is 5.29. The van der Waals surface area contributed by atoms with Gasteiger partial charge in [-0.3, -0.25) is 0 Å². The summed E-state index contributed by atoms with van der Waals surface area (Å²) < 4.78 is 40.6. The van der Waals surface area contributed by atoms with E-state index in [0.717, 1.165) is 25.3 Å². The fraction of sp³-hybridized carbons (Fsp3) is 0.538. The lowest BCUT2D eigenvalue weighted by Crippen LogP contribution is -2.42. The van der Waals surface area contributed by atoms with Crippen molar-refractivity contribution in [1.82, 2.24) is 4.72 Å². The molecule has 0 saturated heterocycles. The molecule has 1 aliphatic rings. The van der Waals surface area contributed by atoms with Crippen molar-refractivity contribution < 1.29 is 17.9 Å². The van der Waals surface area contributed by atoms with Gasteiger partial charge in [-0.1, -0.05) is 36.9 Å². The van der Waals surface area contributed by atoms with Crippen LogP contribution >= 0.6 is 11.6 Å². The SMILES string of the molecule is O=S(=O)(NC1CCCCCC1O)c1cccc(Cl)c1F. The van der Waals surface area contributed by atoms with Crippen LogP contribution in [-0.2, 0) is 10.0 Å². The van der Waals surface area contributed by atoms with Gasteiger partial charge in [-0.2, -0.15) is 0 Å². The molecule has 2 unspecified atom stereocenters. The Bertz CT molecular complexity index is 579. The van der Waals surface area contributed by atoms with Crippen LogP contribution < -0.4 is 4.72 Å². The molecular weight excluding hydrogens is 305 g/mol. The number of aliphatic hydroxyl groups excluding tert-OH is 1. The predicted octanol–water partition coefficient (Wildman–Crippen LogP) is 2.45. The molecule has 1 aromatic carbocycles. The highest BCUT2D eigenvalue weighted by Gasteiger charge is 2.29. The molecule has 2 N–H and O–H groups in total. The Morgan fingerprint density at radius 1 is 1.25 bits per heavy atom. The van der Waals surface area contributed by atoms with Gasteiger partial charge in [0.15, 0.2) is 5.82 Å². The molecule has 0 heterocycles. The van der Waals surface area contributed by atoms with E-state index in [1.807, 2.05) is 0 Å². The van der Waals surface area contributed by atoms with E-state index >= 15 is 0 Å². The molecule has 1 saturated carbocycles. The van der Waals surface area contributed by atoms with Crippen LogP contribution in [0.25, 0.3) is 0 Å². The van der Waals surface area contributed by atoms with Crippen molar-refractivity contribution in [3.8, 4) is 0 Å². The monoisotopic (exact) mass is 321 g/mol. The van der Waals surface area contributed by atoms with Crippen LogP contribution in [-0.4, -0.2) is 25.7 Å². The van der Waals surface area contributed by atoms with Gasteiger partial charge in [-0.15, -0.1) is 0 Å². The molecule has 2 atom stereocenters. The lowest BCUT2D eigenvalue weighted by Gasteiger charge is -2.21. The van der Waals surface area contributed by atoms with Crippen LogP contribution in [0.15, 0.2) is 23.1 Å². The van der Waals surface area contributed by atoms with Crippen LogP contribution in [0.4, 0.5) is 4.39 Å². The molecule has 0 aliphatic heterocycles. The highest BCUT2D eigenvalue weighted by atomic mass is 35.5. The lowest BCUT2D eigenvalue weighted by molar-refractivity contribution is 0.130. The fourth-order valence-electron chi connectivity index (χ4n) is 2.38. The second kappa shape index (κ2) is 6.39. The molecule has 0 bridgehead atoms. The van der Waals surface area contributed by atoms with Gasteiger partial charge < -0.3 is 5.11 Å². The summed E-state index contributed by atoms with van der Waals surface area (Å²) in [5.74, 6) is -0.968. The fourth-order valence-corrected chi connectivity index (χ4v) is 4.01. The van der Waals surface area contributed by atoms with E-state index in [4.69, 9.17) is 11.6 Å². The van der Waals surface area contributed by atoms with Crippen molar-refractivity contribution in [2.75, 3.05) is 0 Å². The number of rotatable bonds is 3.